The fourth-order valence-electron chi connectivity index (χ4n) is 13.7. The number of hydroxylamine groups is 2. The summed E-state index contributed by atoms with van der Waals surface area (Å²) in [5.41, 5.74) is 17.6. The van der Waals surface area contributed by atoms with E-state index in [1.165, 1.54) is 45.2 Å². The average Bonchev–Trinajstić information content (AvgIpc) is 1.82. The fourth-order valence-corrected chi connectivity index (χ4v) is 13.7. The summed E-state index contributed by atoms with van der Waals surface area (Å²) in [6.45, 7) is 6.17. The Balaban J connectivity index is 0.000000165. The van der Waals surface area contributed by atoms with Gasteiger partial charge in [0.2, 0.25) is 0 Å². The van der Waals surface area contributed by atoms with E-state index in [4.69, 9.17) is 35.0 Å². The van der Waals surface area contributed by atoms with Crippen LogP contribution >= 0.6 is 0 Å². The Morgan fingerprint density at radius 3 is 1.17 bits per heavy atom. The molecular weight excluding hydrogens is 1420 g/mol. The van der Waals surface area contributed by atoms with Gasteiger partial charge >= 0.3 is 29.8 Å². The lowest BCUT2D eigenvalue weighted by Crippen LogP contribution is -2.26. The molecule has 30 heteroatoms. The number of aryl methyl sites for hydroxylation is 6. The van der Waals surface area contributed by atoms with Crippen molar-refractivity contribution < 1.29 is 102 Å². The van der Waals surface area contributed by atoms with Crippen LogP contribution in [0.15, 0.2) is 78.9 Å². The Labute approximate surface area is 625 Å². The molecule has 1 fully saturated rings. The van der Waals surface area contributed by atoms with Gasteiger partial charge in [0.05, 0.1) is 69.5 Å². The van der Waals surface area contributed by atoms with Crippen LogP contribution in [0, 0.1) is 30.3 Å². The topological polar surface area (TPSA) is 453 Å². The first-order valence-corrected chi connectivity index (χ1v) is 35.7. The standard InChI is InChI=1S/C18H23NO3.C13H14N2O5.C13H13NO5.C13H15NO3.C11H9NO5.C11H10O3/c1-2-22-18(21)13-9-12-7-8-15(20)11-16(12)17(10-13)19-14-5-3-4-6-14;1-14(20-2)13(17)9-5-8-3-4-10(16)7-11(8)12(6-9)15(18)19;1-2-19-13(16)9-5-8-3-4-10(15)7-11(8)12(6-9)14(17)18;1-2-17-13(16)9-5-8-3-4-10(15)7-11(8)12(14)6-9;13-8-2-1-6-3-7(11(14)15)4-10(12(16)17)9(6)5-8;12-10-4-3-7-5-9(11(13)14)2-1-8(7)6-10/h9-10,14,19H,2-8,11H2,1H3;5-6H,3-4,7H2,1-2H3;5-6H,2-4,7H2,1H3;5-6H,2-4,7,14H2,1H3;3-4H,1-2,5H2,(H,14,15);1-2,5H,3-4,6H2,(H,13,14). The van der Waals surface area contributed by atoms with Crippen LogP contribution in [0.5, 0.6) is 0 Å². The highest BCUT2D eigenvalue weighted by Crippen LogP contribution is 2.36. The zero-order chi connectivity index (χ0) is 79.5. The number of nitro groups is 3. The zero-order valence-corrected chi connectivity index (χ0v) is 61.0. The Hall–Kier alpha value is -12.1. The van der Waals surface area contributed by atoms with Gasteiger partial charge in [-0.3, -0.25) is 68.7 Å². The maximum Gasteiger partial charge on any atom is 0.338 e. The van der Waals surface area contributed by atoms with Crippen molar-refractivity contribution in [2.45, 2.75) is 168 Å². The van der Waals surface area contributed by atoms with Gasteiger partial charge in [-0.2, -0.15) is 0 Å². The van der Waals surface area contributed by atoms with E-state index in [2.05, 4.69) is 5.32 Å². The van der Waals surface area contributed by atoms with Crippen molar-refractivity contribution in [3.05, 3.63) is 209 Å². The normalized spacial score (nSPS) is 15.0. The summed E-state index contributed by atoms with van der Waals surface area (Å²) in [5.74, 6) is -3.16. The minimum absolute atomic E-state index is 0.0144. The Bertz CT molecular complexity index is 4670. The molecule has 0 spiro atoms. The minimum atomic E-state index is -1.20. The molecular formula is C79H84N6O24. The molecule has 109 heavy (non-hydrogen) atoms. The number of carboxylic acid groups (broad SMARTS) is 2. The number of ether oxygens (including phenoxy) is 3. The molecule has 30 nitrogen and oxygen atoms in total. The number of nitrogens with one attached hydrogen (secondary N) is 1. The number of nitrogen functional groups attached to an aromatic ring is 1. The lowest BCUT2D eigenvalue weighted by atomic mass is 9.88. The molecule has 0 radical (unpaired) electrons. The highest BCUT2D eigenvalue weighted by Gasteiger charge is 2.32. The molecule has 574 valence electrons. The maximum atomic E-state index is 12.1. The molecule has 7 aliphatic carbocycles. The molecule has 0 aromatic heterocycles. The van der Waals surface area contributed by atoms with Crippen LogP contribution in [0.2, 0.25) is 0 Å². The van der Waals surface area contributed by atoms with Crippen LogP contribution in [-0.4, -0.2) is 141 Å². The van der Waals surface area contributed by atoms with Crippen LogP contribution in [0.1, 0.15) is 214 Å². The van der Waals surface area contributed by atoms with Crippen molar-refractivity contribution >= 4 is 98.9 Å². The van der Waals surface area contributed by atoms with Crippen LogP contribution < -0.4 is 11.1 Å². The summed E-state index contributed by atoms with van der Waals surface area (Å²) in [5, 5.41) is 55.2. The van der Waals surface area contributed by atoms with E-state index in [0.29, 0.717) is 165 Å². The fraction of sp³-hybridized carbons (Fsp3) is 0.392. The Morgan fingerprint density at radius 2 is 0.761 bits per heavy atom. The van der Waals surface area contributed by atoms with E-state index in [1.807, 2.05) is 19.1 Å². The van der Waals surface area contributed by atoms with Gasteiger partial charge in [-0.15, -0.1) is 0 Å². The highest BCUT2D eigenvalue weighted by atomic mass is 16.7. The van der Waals surface area contributed by atoms with Crippen molar-refractivity contribution in [3.63, 3.8) is 0 Å². The van der Waals surface area contributed by atoms with Gasteiger partial charge in [0, 0.05) is 142 Å². The lowest BCUT2D eigenvalue weighted by Gasteiger charge is -2.23. The number of carbonyl (C=O) groups excluding carboxylic acids is 10. The number of nitrogens with zero attached hydrogens (tertiary/aromatic N) is 4. The molecule has 0 saturated heterocycles. The van der Waals surface area contributed by atoms with E-state index in [-0.39, 0.29) is 106 Å². The van der Waals surface area contributed by atoms with Gasteiger partial charge in [-0.25, -0.2) is 29.0 Å². The third-order valence-corrected chi connectivity index (χ3v) is 19.3. The molecule has 0 unspecified atom stereocenters. The smallest absolute Gasteiger partial charge is 0.338 e. The number of rotatable bonds is 15. The quantitative estimate of drug-likeness (QED) is 0.0244. The van der Waals surface area contributed by atoms with Crippen LogP contribution in [0.4, 0.5) is 28.4 Å². The van der Waals surface area contributed by atoms with Crippen molar-refractivity contribution in [2.24, 2.45) is 0 Å². The SMILES string of the molecule is CCOC(=O)c1cc(N)c2c(c1)CCC(=O)C2.CCOC(=O)c1cc2c(c(NC3CCCC3)c1)CC(=O)CC2.CCOC(=O)c1cc2c(c([N+](=O)[O-])c1)CC(=O)CC2.CON(C)C(=O)c1cc2c(c([N+](=O)[O-])c1)CC(=O)CC2.O=C1CCc2cc(C(=O)O)cc([N+](=O)[O-])c2C1.O=C1CCc2cc(C(=O)O)ccc2C1. The molecule has 7 aliphatic rings. The molecule has 0 heterocycles. The largest absolute Gasteiger partial charge is 0.478 e. The number of fused-ring (bicyclic) bond motifs is 6. The monoisotopic (exact) mass is 1500 g/mol. The van der Waals surface area contributed by atoms with E-state index in [1.54, 1.807) is 56.3 Å². The minimum Gasteiger partial charge on any atom is -0.478 e. The van der Waals surface area contributed by atoms with Crippen molar-refractivity contribution in [2.75, 3.05) is 45.0 Å². The maximum absolute atomic E-state index is 12.1. The van der Waals surface area contributed by atoms with Gasteiger partial charge in [0.15, 0.2) is 0 Å². The first-order valence-electron chi connectivity index (χ1n) is 35.7. The predicted octanol–water partition coefficient (Wildman–Crippen LogP) is 10.7. The number of nitro benzene ring substituents is 3. The van der Waals surface area contributed by atoms with Gasteiger partial charge in [-0.05, 0) is 177 Å². The molecule has 0 bridgehead atoms. The Morgan fingerprint density at radius 1 is 0.431 bits per heavy atom. The number of aromatic carboxylic acids is 2. The summed E-state index contributed by atoms with van der Waals surface area (Å²) < 4.78 is 14.9. The number of esters is 3. The number of anilines is 2. The van der Waals surface area contributed by atoms with E-state index < -0.39 is 38.6 Å². The molecule has 0 aliphatic heterocycles. The molecule has 1 saturated carbocycles. The molecule has 13 rings (SSSR count). The summed E-state index contributed by atoms with van der Waals surface area (Å²) in [4.78, 5) is 173. The van der Waals surface area contributed by atoms with Crippen LogP contribution in [0.3, 0.4) is 0 Å². The van der Waals surface area contributed by atoms with E-state index >= 15 is 0 Å². The molecule has 1 amide bonds. The van der Waals surface area contributed by atoms with Gasteiger partial charge in [-0.1, -0.05) is 18.9 Å². The summed E-state index contributed by atoms with van der Waals surface area (Å²) in [7, 11) is 2.76. The number of carboxylic acids is 2. The number of hydrogen-bond donors (Lipinski definition) is 4. The third kappa shape index (κ3) is 21.8. The second-order valence-electron chi connectivity index (χ2n) is 26.7. The number of Topliss-reactive ketones (excluding diaryl/α,β-unsaturated/α-hetero) is 6. The van der Waals surface area contributed by atoms with Crippen LogP contribution in [0.25, 0.3) is 0 Å². The first-order chi connectivity index (χ1) is 51.9. The predicted molar refractivity (Wildman–Crippen MR) is 392 cm³/mol. The lowest BCUT2D eigenvalue weighted by molar-refractivity contribution is -0.385. The van der Waals surface area contributed by atoms with Crippen LogP contribution in [-0.2, 0) is 125 Å². The van der Waals surface area contributed by atoms with Gasteiger partial charge in [0.25, 0.3) is 23.0 Å². The van der Waals surface area contributed by atoms with E-state index in [0.717, 1.165) is 69.5 Å². The van der Waals surface area contributed by atoms with Gasteiger partial charge < -0.3 is 35.5 Å². The first kappa shape index (κ1) is 82.6. The molecule has 6 aromatic carbocycles. The number of nitrogens with two attached hydrogens (primary N) is 1. The number of amides is 1. The number of ketones is 6. The number of benzene rings is 6. The zero-order valence-electron chi connectivity index (χ0n) is 61.0. The summed E-state index contributed by atoms with van der Waals surface area (Å²) in [6, 6.07) is 20.6. The third-order valence-electron chi connectivity index (χ3n) is 19.3. The average molecular weight is 1500 g/mol. The summed E-state index contributed by atoms with van der Waals surface area (Å²) >= 11 is 0. The molecule has 0 atom stereocenters. The molecule has 6 aromatic rings. The highest BCUT2D eigenvalue weighted by molar-refractivity contribution is 5.98. The van der Waals surface area contributed by atoms with Gasteiger partial charge in [0.1, 0.15) is 34.7 Å². The number of hydrogen-bond acceptors (Lipinski definition) is 24. The summed E-state index contributed by atoms with van der Waals surface area (Å²) in [6.07, 6.45) is 12.2. The van der Waals surface area contributed by atoms with Crippen molar-refractivity contribution in [1.82, 2.24) is 5.06 Å². The van der Waals surface area contributed by atoms with Crippen molar-refractivity contribution in [3.8, 4) is 0 Å². The Kier molecular flexibility index (Phi) is 28.7. The number of carbonyl (C=O) groups is 12. The van der Waals surface area contributed by atoms with E-state index in [9.17, 15) is 87.9 Å². The molecule has 5 N–H and O–H groups in total. The second-order valence-corrected chi connectivity index (χ2v) is 26.7. The second kappa shape index (κ2) is 37.9. The van der Waals surface area contributed by atoms with Crippen molar-refractivity contribution in [1.29, 1.82) is 0 Å².